The van der Waals surface area contributed by atoms with E-state index in [2.05, 4.69) is 36.3 Å². The van der Waals surface area contributed by atoms with Crippen molar-refractivity contribution in [2.24, 2.45) is 10.9 Å². The van der Waals surface area contributed by atoms with Crippen LogP contribution in [0.1, 0.15) is 40.5 Å². The van der Waals surface area contributed by atoms with Crippen molar-refractivity contribution in [1.29, 1.82) is 0 Å². The second-order valence-electron chi connectivity index (χ2n) is 5.90. The van der Waals surface area contributed by atoms with Crippen LogP contribution in [0.3, 0.4) is 0 Å². The third kappa shape index (κ3) is 7.14. The molecule has 0 bridgehead atoms. The first kappa shape index (κ1) is 18.2. The van der Waals surface area contributed by atoms with Crippen LogP contribution in [0.15, 0.2) is 4.99 Å². The highest BCUT2D eigenvalue weighted by Crippen LogP contribution is 2.17. The Balaban J connectivity index is 2.48. The Hall–Kier alpha value is -0.810. The number of nitrogens with zero attached hydrogens (tertiary/aromatic N) is 2. The average Bonchev–Trinajstić information content (AvgIpc) is 2.97. The fourth-order valence-corrected chi connectivity index (χ4v) is 2.73. The molecule has 1 aliphatic heterocycles. The van der Waals surface area contributed by atoms with Crippen molar-refractivity contribution in [3.05, 3.63) is 0 Å². The Morgan fingerprint density at radius 2 is 1.90 bits per heavy atom. The van der Waals surface area contributed by atoms with Crippen molar-refractivity contribution in [2.45, 2.75) is 46.6 Å². The minimum atomic E-state index is 0.551. The molecule has 1 atom stereocenters. The lowest BCUT2D eigenvalue weighted by molar-refractivity contribution is 0.152. The summed E-state index contributed by atoms with van der Waals surface area (Å²) >= 11 is 0. The minimum Gasteiger partial charge on any atom is -0.380 e. The molecule has 0 amide bonds. The molecule has 1 heterocycles. The summed E-state index contributed by atoms with van der Waals surface area (Å²) in [4.78, 5) is 7.37. The van der Waals surface area contributed by atoms with Crippen LogP contribution in [0.4, 0.5) is 0 Å². The van der Waals surface area contributed by atoms with Crippen LogP contribution in [0.25, 0.3) is 0 Å². The van der Waals surface area contributed by atoms with Gasteiger partial charge >= 0.3 is 0 Å². The zero-order valence-corrected chi connectivity index (χ0v) is 14.3. The minimum absolute atomic E-state index is 0.551. The maximum atomic E-state index is 5.35. The summed E-state index contributed by atoms with van der Waals surface area (Å²) < 4.78 is 5.35. The van der Waals surface area contributed by atoms with Gasteiger partial charge in [0.05, 0.1) is 13.2 Å². The molecule has 0 aliphatic carbocycles. The molecule has 0 radical (unpaired) electrons. The molecule has 0 aromatic rings. The predicted molar refractivity (Wildman–Crippen MR) is 89.9 cm³/mol. The molecule has 1 fully saturated rings. The fourth-order valence-electron chi connectivity index (χ4n) is 2.73. The van der Waals surface area contributed by atoms with Gasteiger partial charge in [-0.1, -0.05) is 13.8 Å². The molecule has 0 saturated carbocycles. The topological polar surface area (TPSA) is 48.9 Å². The van der Waals surface area contributed by atoms with Gasteiger partial charge in [-0.05, 0) is 45.7 Å². The number of guanidine groups is 1. The van der Waals surface area contributed by atoms with Gasteiger partial charge in [0.15, 0.2) is 5.96 Å². The highest BCUT2D eigenvalue weighted by molar-refractivity contribution is 5.79. The number of hydrogen-bond donors (Lipinski definition) is 2. The maximum absolute atomic E-state index is 5.35. The summed E-state index contributed by atoms with van der Waals surface area (Å²) in [5, 5.41) is 6.64. The summed E-state index contributed by atoms with van der Waals surface area (Å²) in [5.74, 6) is 1.54. The Kier molecular flexibility index (Phi) is 9.42. The van der Waals surface area contributed by atoms with Gasteiger partial charge < -0.3 is 15.4 Å². The molecule has 1 unspecified atom stereocenters. The second-order valence-corrected chi connectivity index (χ2v) is 5.90. The van der Waals surface area contributed by atoms with E-state index in [4.69, 9.17) is 9.73 Å². The monoisotopic (exact) mass is 298 g/mol. The molecule has 5 nitrogen and oxygen atoms in total. The lowest BCUT2D eigenvalue weighted by Gasteiger charge is -2.29. The van der Waals surface area contributed by atoms with E-state index in [0.29, 0.717) is 12.0 Å². The van der Waals surface area contributed by atoms with E-state index < -0.39 is 0 Å². The summed E-state index contributed by atoms with van der Waals surface area (Å²) in [6, 6.07) is 0.551. The van der Waals surface area contributed by atoms with Crippen LogP contribution in [0.2, 0.25) is 0 Å². The Labute approximate surface area is 130 Å². The smallest absolute Gasteiger partial charge is 0.191 e. The molecule has 0 spiro atoms. The number of aliphatic imine (C=N–C) groups is 1. The first-order chi connectivity index (χ1) is 10.2. The highest BCUT2D eigenvalue weighted by atomic mass is 16.5. The van der Waals surface area contributed by atoms with E-state index >= 15 is 0 Å². The maximum Gasteiger partial charge on any atom is 0.191 e. The van der Waals surface area contributed by atoms with E-state index in [1.165, 1.54) is 25.9 Å². The van der Waals surface area contributed by atoms with Crippen LogP contribution in [-0.2, 0) is 4.74 Å². The normalized spacial score (nSPS) is 18.2. The molecule has 124 valence electrons. The zero-order valence-electron chi connectivity index (χ0n) is 14.3. The van der Waals surface area contributed by atoms with Gasteiger partial charge in [0, 0.05) is 25.7 Å². The van der Waals surface area contributed by atoms with E-state index in [-0.39, 0.29) is 0 Å². The third-order valence-corrected chi connectivity index (χ3v) is 3.90. The Bertz CT molecular complexity index is 288. The molecule has 5 heteroatoms. The molecule has 1 saturated heterocycles. The summed E-state index contributed by atoms with van der Waals surface area (Å²) in [5.41, 5.74) is 0. The van der Waals surface area contributed by atoms with Crippen LogP contribution in [0, 0.1) is 5.92 Å². The van der Waals surface area contributed by atoms with Crippen LogP contribution in [0.5, 0.6) is 0 Å². The van der Waals surface area contributed by atoms with Gasteiger partial charge in [-0.2, -0.15) is 0 Å². The van der Waals surface area contributed by atoms with E-state index in [9.17, 15) is 0 Å². The van der Waals surface area contributed by atoms with E-state index in [1.54, 1.807) is 0 Å². The van der Waals surface area contributed by atoms with E-state index in [0.717, 1.165) is 38.8 Å². The van der Waals surface area contributed by atoms with Crippen LogP contribution in [-0.4, -0.2) is 62.8 Å². The van der Waals surface area contributed by atoms with Gasteiger partial charge in [-0.15, -0.1) is 0 Å². The van der Waals surface area contributed by atoms with Crippen molar-refractivity contribution < 1.29 is 4.74 Å². The molecular formula is C16H34N4O. The van der Waals surface area contributed by atoms with Crippen LogP contribution < -0.4 is 10.6 Å². The zero-order chi connectivity index (χ0) is 15.5. The molecule has 21 heavy (non-hydrogen) atoms. The van der Waals surface area contributed by atoms with E-state index in [1.807, 2.05) is 6.92 Å². The quantitative estimate of drug-likeness (QED) is 0.386. The third-order valence-electron chi connectivity index (χ3n) is 3.90. The standard InChI is InChI=1S/C16H34N4O/c1-5-17-16(18-9-12-21-6-2)19-13-15(14(3)4)20-10-7-8-11-20/h14-15H,5-13H2,1-4H3,(H2,17,18,19). The fraction of sp³-hybridized carbons (Fsp3) is 0.938. The van der Waals surface area contributed by atoms with Crippen molar-refractivity contribution in [2.75, 3.05) is 45.9 Å². The highest BCUT2D eigenvalue weighted by Gasteiger charge is 2.24. The molecule has 1 aliphatic rings. The molecule has 2 N–H and O–H groups in total. The number of nitrogens with one attached hydrogen (secondary N) is 2. The average molecular weight is 298 g/mol. The van der Waals surface area contributed by atoms with Crippen LogP contribution >= 0.6 is 0 Å². The first-order valence-corrected chi connectivity index (χ1v) is 8.53. The summed E-state index contributed by atoms with van der Waals surface area (Å²) in [7, 11) is 0. The number of rotatable bonds is 9. The molecule has 0 aromatic heterocycles. The van der Waals surface area contributed by atoms with Crippen molar-refractivity contribution >= 4 is 5.96 Å². The number of ether oxygens (including phenoxy) is 1. The molecule has 1 rings (SSSR count). The number of hydrogen-bond acceptors (Lipinski definition) is 3. The molecular weight excluding hydrogens is 264 g/mol. The van der Waals surface area contributed by atoms with Gasteiger partial charge in [0.2, 0.25) is 0 Å². The Morgan fingerprint density at radius 1 is 1.19 bits per heavy atom. The van der Waals surface area contributed by atoms with Crippen molar-refractivity contribution in [1.82, 2.24) is 15.5 Å². The summed E-state index contributed by atoms with van der Waals surface area (Å²) in [6.45, 7) is 15.2. The first-order valence-electron chi connectivity index (χ1n) is 8.53. The van der Waals surface area contributed by atoms with Crippen molar-refractivity contribution in [3.8, 4) is 0 Å². The molecule has 0 aromatic carbocycles. The van der Waals surface area contributed by atoms with Gasteiger partial charge in [-0.3, -0.25) is 9.89 Å². The summed E-state index contributed by atoms with van der Waals surface area (Å²) in [6.07, 6.45) is 2.67. The lowest BCUT2D eigenvalue weighted by Crippen LogP contribution is -2.42. The number of likely N-dealkylation sites (tertiary alicyclic amines) is 1. The lowest BCUT2D eigenvalue weighted by atomic mass is 10.0. The van der Waals surface area contributed by atoms with Crippen molar-refractivity contribution in [3.63, 3.8) is 0 Å². The predicted octanol–water partition coefficient (Wildman–Crippen LogP) is 1.70. The second kappa shape index (κ2) is 10.9. The SMILES string of the molecule is CCNC(=NCC(C(C)C)N1CCCC1)NCCOCC. The Morgan fingerprint density at radius 3 is 2.48 bits per heavy atom. The van der Waals surface area contributed by atoms with Gasteiger partial charge in [0.25, 0.3) is 0 Å². The van der Waals surface area contributed by atoms with Gasteiger partial charge in [0.1, 0.15) is 0 Å². The largest absolute Gasteiger partial charge is 0.380 e. The van der Waals surface area contributed by atoms with Gasteiger partial charge in [-0.25, -0.2) is 0 Å².